The number of rotatable bonds is 6. The van der Waals surface area contributed by atoms with Crippen molar-refractivity contribution in [2.45, 2.75) is 50.0 Å². The number of sulfone groups is 1. The molecule has 1 aliphatic rings. The van der Waals surface area contributed by atoms with Crippen LogP contribution in [0.15, 0.2) is 41.7 Å². The van der Waals surface area contributed by atoms with Gasteiger partial charge in [-0.25, -0.2) is 18.4 Å². The topological polar surface area (TPSA) is 99.0 Å². The molecule has 0 amide bonds. The second-order valence-corrected chi connectivity index (χ2v) is 12.0. The number of ether oxygens (including phenoxy) is 1. The monoisotopic (exact) mass is 497 g/mol. The molecule has 1 aromatic carbocycles. The average Bonchev–Trinajstić information content (AvgIpc) is 3.42. The van der Waals surface area contributed by atoms with Crippen LogP contribution in [0.5, 0.6) is 5.75 Å². The number of anilines is 2. The summed E-state index contributed by atoms with van der Waals surface area (Å²) in [4.78, 5) is 10.6. The molecule has 0 atom stereocenters. The van der Waals surface area contributed by atoms with Crippen molar-refractivity contribution < 1.29 is 13.2 Å². The van der Waals surface area contributed by atoms with Crippen LogP contribution in [0.25, 0.3) is 21.3 Å². The number of thiophene rings is 1. The Labute approximate surface area is 202 Å². The summed E-state index contributed by atoms with van der Waals surface area (Å²) in [5, 5.41) is 7.84. The molecule has 8 nitrogen and oxygen atoms in total. The first-order valence-electron chi connectivity index (χ1n) is 11.3. The lowest BCUT2D eigenvalue weighted by Crippen LogP contribution is -2.12. The highest BCUT2D eigenvalue weighted by molar-refractivity contribution is 7.90. The molecular formula is C24H27N5O3S2. The van der Waals surface area contributed by atoms with Crippen molar-refractivity contribution in [2.75, 3.05) is 18.7 Å². The number of fused-ring (bicyclic) bond motifs is 1. The minimum atomic E-state index is -3.34. The van der Waals surface area contributed by atoms with Gasteiger partial charge in [-0.05, 0) is 38.0 Å². The van der Waals surface area contributed by atoms with Gasteiger partial charge in [-0.1, -0.05) is 19.3 Å². The highest BCUT2D eigenvalue weighted by atomic mass is 32.2. The minimum Gasteiger partial charge on any atom is -0.496 e. The van der Waals surface area contributed by atoms with Gasteiger partial charge < -0.3 is 10.1 Å². The Balaban J connectivity index is 1.50. The maximum Gasteiger partial charge on any atom is 0.227 e. The van der Waals surface area contributed by atoms with Gasteiger partial charge in [-0.3, -0.25) is 4.68 Å². The van der Waals surface area contributed by atoms with Gasteiger partial charge in [0.25, 0.3) is 0 Å². The van der Waals surface area contributed by atoms with Crippen molar-refractivity contribution in [1.82, 2.24) is 19.7 Å². The van der Waals surface area contributed by atoms with Crippen LogP contribution in [0.3, 0.4) is 0 Å². The van der Waals surface area contributed by atoms with E-state index in [1.165, 1.54) is 38.4 Å². The summed E-state index contributed by atoms with van der Waals surface area (Å²) in [6.45, 7) is 2.02. The number of hydrogen-bond acceptors (Lipinski definition) is 8. The predicted molar refractivity (Wildman–Crippen MR) is 135 cm³/mol. The van der Waals surface area contributed by atoms with E-state index >= 15 is 0 Å². The van der Waals surface area contributed by atoms with Crippen LogP contribution in [-0.2, 0) is 9.84 Å². The van der Waals surface area contributed by atoms with Crippen molar-refractivity contribution in [2.24, 2.45) is 0 Å². The molecule has 0 radical (unpaired) electrons. The SMILES string of the molecule is COc1cc(S(C)(=O)=O)ccc1-c1c(C)sc2cnc(Nc3cnn(C4CCCCC4)c3)nc12. The summed E-state index contributed by atoms with van der Waals surface area (Å²) < 4.78 is 32.6. The lowest BCUT2D eigenvalue weighted by molar-refractivity contribution is 0.329. The van der Waals surface area contributed by atoms with Crippen LogP contribution in [0.1, 0.15) is 43.0 Å². The lowest BCUT2D eigenvalue weighted by atomic mass is 9.96. The van der Waals surface area contributed by atoms with Crippen LogP contribution >= 0.6 is 11.3 Å². The molecule has 0 bridgehead atoms. The van der Waals surface area contributed by atoms with Crippen LogP contribution < -0.4 is 10.1 Å². The van der Waals surface area contributed by atoms with E-state index in [1.807, 2.05) is 30.2 Å². The van der Waals surface area contributed by atoms with Gasteiger partial charge >= 0.3 is 0 Å². The van der Waals surface area contributed by atoms with Crippen LogP contribution in [0.4, 0.5) is 11.6 Å². The Hall–Kier alpha value is -2.98. The van der Waals surface area contributed by atoms with Crippen molar-refractivity contribution in [3.05, 3.63) is 41.7 Å². The maximum absolute atomic E-state index is 12.0. The van der Waals surface area contributed by atoms with Gasteiger partial charge in [-0.2, -0.15) is 5.10 Å². The molecule has 1 N–H and O–H groups in total. The molecule has 0 aliphatic heterocycles. The van der Waals surface area contributed by atoms with Crippen LogP contribution in [0, 0.1) is 6.92 Å². The molecule has 1 fully saturated rings. The van der Waals surface area contributed by atoms with Gasteiger partial charge in [0.1, 0.15) is 5.75 Å². The Morgan fingerprint density at radius 2 is 1.97 bits per heavy atom. The first kappa shape index (κ1) is 22.8. The number of nitrogens with one attached hydrogen (secondary N) is 1. The number of hydrogen-bond donors (Lipinski definition) is 1. The third-order valence-electron chi connectivity index (χ3n) is 6.28. The van der Waals surface area contributed by atoms with E-state index in [9.17, 15) is 8.42 Å². The predicted octanol–water partition coefficient (Wildman–Crippen LogP) is 5.52. The largest absolute Gasteiger partial charge is 0.496 e. The molecule has 0 saturated heterocycles. The van der Waals surface area contributed by atoms with E-state index in [4.69, 9.17) is 9.72 Å². The molecule has 1 saturated carbocycles. The molecule has 1 aliphatic carbocycles. The Kier molecular flexibility index (Phi) is 6.03. The standard InChI is InChI=1S/C24H27N5O3S2/c1-15-22(19-10-9-18(34(3,30)31)11-20(19)32-2)23-21(33-15)13-25-24(28-23)27-16-12-26-29(14-16)17-7-5-4-6-8-17/h9-14,17H,4-8H2,1-3H3,(H,25,27,28). The third kappa shape index (κ3) is 4.39. The quantitative estimate of drug-likeness (QED) is 0.374. The number of nitrogens with zero attached hydrogens (tertiary/aromatic N) is 4. The molecule has 34 heavy (non-hydrogen) atoms. The Bertz CT molecular complexity index is 1450. The number of benzene rings is 1. The van der Waals surface area contributed by atoms with Gasteiger partial charge in [-0.15, -0.1) is 11.3 Å². The number of aryl methyl sites for hydroxylation is 1. The fraction of sp³-hybridized carbons (Fsp3) is 0.375. The van der Waals surface area contributed by atoms with Crippen molar-refractivity contribution in [1.29, 1.82) is 0 Å². The smallest absolute Gasteiger partial charge is 0.227 e. The lowest BCUT2D eigenvalue weighted by Gasteiger charge is -2.21. The molecule has 0 spiro atoms. The summed E-state index contributed by atoms with van der Waals surface area (Å²) in [6.07, 6.45) is 13.0. The molecule has 10 heteroatoms. The van der Waals surface area contributed by atoms with E-state index < -0.39 is 9.84 Å². The molecular weight excluding hydrogens is 470 g/mol. The van der Waals surface area contributed by atoms with Gasteiger partial charge in [0, 0.05) is 28.5 Å². The summed E-state index contributed by atoms with van der Waals surface area (Å²) in [6, 6.07) is 5.41. The van der Waals surface area contributed by atoms with E-state index in [2.05, 4.69) is 15.4 Å². The summed E-state index contributed by atoms with van der Waals surface area (Å²) in [5.41, 5.74) is 3.37. The second-order valence-electron chi connectivity index (χ2n) is 8.70. The van der Waals surface area contributed by atoms with Crippen molar-refractivity contribution in [3.63, 3.8) is 0 Å². The summed E-state index contributed by atoms with van der Waals surface area (Å²) in [7, 11) is -1.80. The zero-order chi connectivity index (χ0) is 23.9. The van der Waals surface area contributed by atoms with Gasteiger partial charge in [0.2, 0.25) is 5.95 Å². The van der Waals surface area contributed by atoms with Crippen LogP contribution in [-0.4, -0.2) is 41.5 Å². The average molecular weight is 498 g/mol. The molecule has 4 aromatic rings. The minimum absolute atomic E-state index is 0.220. The fourth-order valence-corrected chi connectivity index (χ4v) is 6.20. The van der Waals surface area contributed by atoms with Crippen molar-refractivity contribution in [3.8, 4) is 16.9 Å². The highest BCUT2D eigenvalue weighted by Gasteiger charge is 2.20. The first-order chi connectivity index (χ1) is 16.3. The molecule has 3 heterocycles. The highest BCUT2D eigenvalue weighted by Crippen LogP contribution is 2.42. The first-order valence-corrected chi connectivity index (χ1v) is 14.0. The van der Waals surface area contributed by atoms with E-state index in [-0.39, 0.29) is 4.90 Å². The van der Waals surface area contributed by atoms with E-state index in [1.54, 1.807) is 36.6 Å². The fourth-order valence-electron chi connectivity index (χ4n) is 4.57. The van der Waals surface area contributed by atoms with Gasteiger partial charge in [0.05, 0.1) is 46.3 Å². The van der Waals surface area contributed by atoms with Crippen molar-refractivity contribution >= 4 is 43.0 Å². The van der Waals surface area contributed by atoms with Crippen LogP contribution in [0.2, 0.25) is 0 Å². The molecule has 178 valence electrons. The summed E-state index contributed by atoms with van der Waals surface area (Å²) >= 11 is 1.60. The third-order valence-corrected chi connectivity index (χ3v) is 8.42. The molecule has 0 unspecified atom stereocenters. The van der Waals surface area contributed by atoms with E-state index in [0.29, 0.717) is 17.7 Å². The second kappa shape index (κ2) is 8.99. The zero-order valence-electron chi connectivity index (χ0n) is 19.4. The Morgan fingerprint density at radius 3 is 2.71 bits per heavy atom. The number of methoxy groups -OCH3 is 1. The molecule has 5 rings (SSSR count). The van der Waals surface area contributed by atoms with Gasteiger partial charge in [0.15, 0.2) is 9.84 Å². The number of aromatic nitrogens is 4. The van der Waals surface area contributed by atoms with E-state index in [0.717, 1.165) is 31.9 Å². The normalized spacial score (nSPS) is 15.0. The zero-order valence-corrected chi connectivity index (χ0v) is 21.0. The maximum atomic E-state index is 12.0. The molecule has 3 aromatic heterocycles. The Morgan fingerprint density at radius 1 is 1.18 bits per heavy atom. The summed E-state index contributed by atoms with van der Waals surface area (Å²) in [5.74, 6) is 0.981.